The van der Waals surface area contributed by atoms with Crippen molar-refractivity contribution in [2.45, 2.75) is 277 Å². The van der Waals surface area contributed by atoms with Gasteiger partial charge >= 0.3 is 19.8 Å². The smallest absolute Gasteiger partial charge is 0.462 e. The van der Waals surface area contributed by atoms with Crippen LogP contribution in [0.1, 0.15) is 271 Å². The molecule has 0 aliphatic rings. The second-order valence-electron chi connectivity index (χ2n) is 21.6. The Balaban J connectivity index is 4.02. The van der Waals surface area contributed by atoms with E-state index in [1.807, 2.05) is 0 Å². The predicted octanol–water partition coefficient (Wildman–Crippen LogP) is 21.9. The summed E-state index contributed by atoms with van der Waals surface area (Å²) < 4.78 is 33.1. The largest absolute Gasteiger partial charge is 0.472 e. The average Bonchev–Trinajstić information content (AvgIpc) is 3.49. The normalized spacial score (nSPS) is 13.9. The van der Waals surface area contributed by atoms with E-state index in [0.29, 0.717) is 6.42 Å². The number of nitrogens with two attached hydrogens (primary N) is 1. The highest BCUT2D eigenvalue weighted by Crippen LogP contribution is 2.43. The number of hydrogen-bond donors (Lipinski definition) is 2. The molecule has 83 heavy (non-hydrogen) atoms. The Labute approximate surface area is 509 Å². The van der Waals surface area contributed by atoms with Gasteiger partial charge < -0.3 is 20.1 Å². The fraction of sp³-hybridized carbons (Fsp3) is 0.644. The first-order chi connectivity index (χ1) is 40.8. The van der Waals surface area contributed by atoms with Crippen molar-refractivity contribution in [3.05, 3.63) is 146 Å². The highest BCUT2D eigenvalue weighted by atomic mass is 31.2. The molecule has 0 rings (SSSR count). The zero-order chi connectivity index (χ0) is 60.1. The molecule has 0 spiro atoms. The van der Waals surface area contributed by atoms with E-state index in [4.69, 9.17) is 24.3 Å². The van der Waals surface area contributed by atoms with Crippen LogP contribution in [0.5, 0.6) is 0 Å². The molecule has 0 bridgehead atoms. The van der Waals surface area contributed by atoms with E-state index < -0.39 is 32.5 Å². The Morgan fingerprint density at radius 3 is 0.988 bits per heavy atom. The monoisotopic (exact) mass is 1170 g/mol. The van der Waals surface area contributed by atoms with Crippen LogP contribution < -0.4 is 5.73 Å². The van der Waals surface area contributed by atoms with Crippen LogP contribution in [0.3, 0.4) is 0 Å². The summed E-state index contributed by atoms with van der Waals surface area (Å²) in [6, 6.07) is 0. The van der Waals surface area contributed by atoms with Crippen molar-refractivity contribution in [1.29, 1.82) is 0 Å². The van der Waals surface area contributed by atoms with Crippen LogP contribution in [0.4, 0.5) is 0 Å². The molecule has 9 nitrogen and oxygen atoms in total. The summed E-state index contributed by atoms with van der Waals surface area (Å²) in [5.41, 5.74) is 5.39. The van der Waals surface area contributed by atoms with Crippen LogP contribution in [-0.2, 0) is 32.7 Å². The van der Waals surface area contributed by atoms with Gasteiger partial charge in [-0.25, -0.2) is 4.57 Å². The zero-order valence-corrected chi connectivity index (χ0v) is 53.8. The van der Waals surface area contributed by atoms with Crippen LogP contribution in [-0.4, -0.2) is 49.3 Å². The SMILES string of the molecule is CC/C=C\C/C=C\C/C=C\C/C=C\C/C=C\C/C=C\C/C=C\C/C=C\C/C=C\CCCCCCCC(=O)OC(COC(=O)CCCCCCCCCCCCCCCC/C=C\C/C=C\C/C=C\CCCCCCC)COP(=O)(O)OCCN. The van der Waals surface area contributed by atoms with Crippen molar-refractivity contribution in [2.75, 3.05) is 26.4 Å². The molecule has 3 N–H and O–H groups in total. The Morgan fingerprint density at radius 2 is 0.663 bits per heavy atom. The van der Waals surface area contributed by atoms with Crippen molar-refractivity contribution in [3.63, 3.8) is 0 Å². The van der Waals surface area contributed by atoms with Crippen molar-refractivity contribution < 1.29 is 37.6 Å². The molecular weight excluding hydrogens is 1050 g/mol. The second-order valence-corrected chi connectivity index (χ2v) is 23.1. The van der Waals surface area contributed by atoms with Crippen molar-refractivity contribution >= 4 is 19.8 Å². The summed E-state index contributed by atoms with van der Waals surface area (Å²) >= 11 is 0. The number of phosphoric acid groups is 1. The predicted molar refractivity (Wildman–Crippen MR) is 357 cm³/mol. The molecule has 0 saturated heterocycles. The first kappa shape index (κ1) is 78.9. The third kappa shape index (κ3) is 66.9. The van der Waals surface area contributed by atoms with Gasteiger partial charge in [-0.15, -0.1) is 0 Å². The minimum atomic E-state index is -4.41. The van der Waals surface area contributed by atoms with Crippen LogP contribution in [0, 0.1) is 0 Å². The second kappa shape index (κ2) is 67.0. The van der Waals surface area contributed by atoms with E-state index in [-0.39, 0.29) is 32.6 Å². The minimum absolute atomic E-state index is 0.0426. The molecule has 0 aliphatic heterocycles. The molecule has 0 amide bonds. The maximum absolute atomic E-state index is 12.7. The quantitative estimate of drug-likeness (QED) is 0.0264. The summed E-state index contributed by atoms with van der Waals surface area (Å²) in [6.45, 7) is 3.60. The molecule has 0 saturated carbocycles. The minimum Gasteiger partial charge on any atom is -0.462 e. The molecule has 472 valence electrons. The van der Waals surface area contributed by atoms with Crippen molar-refractivity contribution in [2.24, 2.45) is 5.73 Å². The number of unbranched alkanes of at least 4 members (excludes halogenated alkanes) is 24. The van der Waals surface area contributed by atoms with Crippen LogP contribution >= 0.6 is 7.82 Å². The van der Waals surface area contributed by atoms with Gasteiger partial charge in [0.05, 0.1) is 13.2 Å². The maximum Gasteiger partial charge on any atom is 0.472 e. The lowest BCUT2D eigenvalue weighted by Crippen LogP contribution is -2.29. The molecule has 2 atom stereocenters. The van der Waals surface area contributed by atoms with Gasteiger partial charge in [0, 0.05) is 19.4 Å². The van der Waals surface area contributed by atoms with Crippen LogP contribution in [0.15, 0.2) is 146 Å². The molecule has 0 radical (unpaired) electrons. The summed E-state index contributed by atoms with van der Waals surface area (Å²) in [7, 11) is -4.41. The van der Waals surface area contributed by atoms with Gasteiger partial charge in [-0.1, -0.05) is 282 Å². The highest BCUT2D eigenvalue weighted by molar-refractivity contribution is 7.47. The summed E-state index contributed by atoms with van der Waals surface area (Å²) in [4.78, 5) is 35.3. The van der Waals surface area contributed by atoms with Gasteiger partial charge in [0.25, 0.3) is 0 Å². The molecule has 0 aromatic heterocycles. The van der Waals surface area contributed by atoms with Crippen molar-refractivity contribution in [3.8, 4) is 0 Å². The van der Waals surface area contributed by atoms with Gasteiger partial charge in [0.1, 0.15) is 6.61 Å². The summed E-state index contributed by atoms with van der Waals surface area (Å²) in [5, 5.41) is 0. The lowest BCUT2D eigenvalue weighted by molar-refractivity contribution is -0.161. The fourth-order valence-electron chi connectivity index (χ4n) is 8.81. The van der Waals surface area contributed by atoms with Gasteiger partial charge in [-0.05, 0) is 122 Å². The molecule has 0 aromatic rings. The standard InChI is InChI=1S/C73H122NO8P/c1-3-5-7-9-11-13-15-17-19-21-23-25-27-29-31-33-34-35-36-38-40-42-44-46-48-50-52-54-56-58-60-62-64-66-73(76)82-71(70-81-83(77,78)80-68-67-74)69-79-72(75)65-63-61-59-57-55-53-51-49-47-45-43-41-39-37-32-30-28-26-24-22-20-18-16-14-12-10-8-6-4-2/h5,7,11,13,16-19,22-25,28-31,34-35,38,40,44,46,50,52,71H,3-4,6,8-10,12,14-15,20-21,26-27,32-33,36-37,39,41-43,45,47-49,51,53-70,74H2,1-2H3,(H,77,78)/b7-5-,13-11-,18-16-,19-17-,24-22-,25-23-,30-28-,31-29-,35-34-,40-38-,46-44-,52-50-. The number of carbonyl (C=O) groups excluding carboxylic acids is 2. The maximum atomic E-state index is 12.7. The lowest BCUT2D eigenvalue weighted by atomic mass is 10.0. The number of hydrogen-bond acceptors (Lipinski definition) is 8. The number of ether oxygens (including phenoxy) is 2. The molecular formula is C73H122NO8P. The summed E-state index contributed by atoms with van der Waals surface area (Å²) in [6.07, 6.45) is 96.3. The topological polar surface area (TPSA) is 134 Å². The van der Waals surface area contributed by atoms with Gasteiger partial charge in [-0.3, -0.25) is 18.6 Å². The van der Waals surface area contributed by atoms with E-state index in [9.17, 15) is 19.0 Å². The van der Waals surface area contributed by atoms with Gasteiger partial charge in [0.2, 0.25) is 0 Å². The molecule has 0 aliphatic carbocycles. The third-order valence-electron chi connectivity index (χ3n) is 13.7. The third-order valence-corrected chi connectivity index (χ3v) is 14.7. The number of allylic oxidation sites excluding steroid dienone is 24. The molecule has 0 fully saturated rings. The highest BCUT2D eigenvalue weighted by Gasteiger charge is 2.26. The molecule has 2 unspecified atom stereocenters. The Hall–Kier alpha value is -4.11. The molecule has 0 heterocycles. The number of phosphoric ester groups is 1. The van der Waals surface area contributed by atoms with Crippen LogP contribution in [0.2, 0.25) is 0 Å². The fourth-order valence-corrected chi connectivity index (χ4v) is 9.58. The molecule has 0 aromatic carbocycles. The van der Waals surface area contributed by atoms with E-state index in [0.717, 1.165) is 122 Å². The van der Waals surface area contributed by atoms with E-state index in [1.54, 1.807) is 0 Å². The lowest BCUT2D eigenvalue weighted by Gasteiger charge is -2.19. The Bertz CT molecular complexity index is 1870. The Kier molecular flexibility index (Phi) is 63.7. The average molecular weight is 1170 g/mol. The zero-order valence-electron chi connectivity index (χ0n) is 52.9. The van der Waals surface area contributed by atoms with E-state index in [2.05, 4.69) is 160 Å². The van der Waals surface area contributed by atoms with Crippen molar-refractivity contribution in [1.82, 2.24) is 0 Å². The number of esters is 2. The summed E-state index contributed by atoms with van der Waals surface area (Å²) in [5.74, 6) is -0.856. The first-order valence-corrected chi connectivity index (χ1v) is 34.8. The Morgan fingerprint density at radius 1 is 0.373 bits per heavy atom. The van der Waals surface area contributed by atoms with Gasteiger partial charge in [-0.2, -0.15) is 0 Å². The first-order valence-electron chi connectivity index (χ1n) is 33.3. The molecule has 10 heteroatoms. The van der Waals surface area contributed by atoms with Crippen LogP contribution in [0.25, 0.3) is 0 Å². The van der Waals surface area contributed by atoms with E-state index >= 15 is 0 Å². The van der Waals surface area contributed by atoms with Gasteiger partial charge in [0.15, 0.2) is 6.10 Å². The van der Waals surface area contributed by atoms with E-state index in [1.165, 1.54) is 116 Å². The number of rotatable bonds is 61. The number of carbonyl (C=O) groups is 2.